The van der Waals surface area contributed by atoms with Crippen LogP contribution in [-0.2, 0) is 11.2 Å². The van der Waals surface area contributed by atoms with Gasteiger partial charge in [-0.3, -0.25) is 4.79 Å². The SMILES string of the molecule is CC(NC(=O)CCc1ncc(-c2ccccc2)o1)c1ccc2ccccc2c1. The van der Waals surface area contributed by atoms with Crippen LogP contribution in [0.5, 0.6) is 0 Å². The molecule has 1 unspecified atom stereocenters. The number of carbonyl (C=O) groups excluding carboxylic acids is 1. The number of hydrogen-bond acceptors (Lipinski definition) is 3. The Morgan fingerprint density at radius 3 is 2.57 bits per heavy atom. The summed E-state index contributed by atoms with van der Waals surface area (Å²) in [5.41, 5.74) is 2.07. The highest BCUT2D eigenvalue weighted by atomic mass is 16.4. The molecule has 4 nitrogen and oxygen atoms in total. The zero-order chi connectivity index (χ0) is 19.3. The highest BCUT2D eigenvalue weighted by Crippen LogP contribution is 2.22. The maximum Gasteiger partial charge on any atom is 0.220 e. The molecule has 1 atom stereocenters. The fraction of sp³-hybridized carbons (Fsp3) is 0.167. The molecule has 4 aromatic rings. The summed E-state index contributed by atoms with van der Waals surface area (Å²) >= 11 is 0. The van der Waals surface area contributed by atoms with Gasteiger partial charge in [0.15, 0.2) is 11.7 Å². The van der Waals surface area contributed by atoms with Gasteiger partial charge >= 0.3 is 0 Å². The molecule has 0 saturated carbocycles. The van der Waals surface area contributed by atoms with Gasteiger partial charge in [-0.25, -0.2) is 4.98 Å². The van der Waals surface area contributed by atoms with E-state index in [9.17, 15) is 4.79 Å². The lowest BCUT2D eigenvalue weighted by atomic mass is 10.0. The van der Waals surface area contributed by atoms with E-state index in [2.05, 4.69) is 40.6 Å². The molecule has 0 bridgehead atoms. The van der Waals surface area contributed by atoms with Gasteiger partial charge in [-0.15, -0.1) is 0 Å². The Bertz CT molecular complexity index is 1090. The van der Waals surface area contributed by atoms with Crippen molar-refractivity contribution in [2.45, 2.75) is 25.8 Å². The molecule has 0 spiro atoms. The van der Waals surface area contributed by atoms with Crippen LogP contribution in [-0.4, -0.2) is 10.9 Å². The lowest BCUT2D eigenvalue weighted by Gasteiger charge is -2.15. The van der Waals surface area contributed by atoms with Crippen molar-refractivity contribution in [3.63, 3.8) is 0 Å². The molecule has 4 heteroatoms. The quantitative estimate of drug-likeness (QED) is 0.501. The monoisotopic (exact) mass is 370 g/mol. The molecule has 1 aromatic heterocycles. The Labute approximate surface area is 164 Å². The van der Waals surface area contributed by atoms with Crippen LogP contribution in [0.25, 0.3) is 22.1 Å². The Morgan fingerprint density at radius 1 is 1.00 bits per heavy atom. The molecule has 1 amide bonds. The van der Waals surface area contributed by atoms with E-state index >= 15 is 0 Å². The molecule has 1 N–H and O–H groups in total. The number of rotatable bonds is 6. The fourth-order valence-corrected chi connectivity index (χ4v) is 3.26. The highest BCUT2D eigenvalue weighted by Gasteiger charge is 2.12. The van der Waals surface area contributed by atoms with Gasteiger partial charge in [0.05, 0.1) is 12.2 Å². The standard InChI is InChI=1S/C24H22N2O2/c1-17(20-12-11-18-7-5-6-10-21(18)15-20)26-23(27)13-14-24-25-16-22(28-24)19-8-3-2-4-9-19/h2-12,15-17H,13-14H2,1H3,(H,26,27). The Hall–Kier alpha value is -3.40. The van der Waals surface area contributed by atoms with Crippen molar-refractivity contribution in [1.29, 1.82) is 0 Å². The van der Waals surface area contributed by atoms with Crippen molar-refractivity contribution >= 4 is 16.7 Å². The minimum atomic E-state index is -0.0541. The predicted molar refractivity (Wildman–Crippen MR) is 111 cm³/mol. The number of aromatic nitrogens is 1. The number of aryl methyl sites for hydroxylation is 1. The van der Waals surface area contributed by atoms with Crippen molar-refractivity contribution in [1.82, 2.24) is 10.3 Å². The molecule has 0 aliphatic carbocycles. The number of nitrogens with zero attached hydrogens (tertiary/aromatic N) is 1. The molecule has 3 aromatic carbocycles. The summed E-state index contributed by atoms with van der Waals surface area (Å²) in [5, 5.41) is 5.43. The van der Waals surface area contributed by atoms with Gasteiger partial charge in [0, 0.05) is 18.4 Å². The minimum absolute atomic E-state index is 0.0138. The molecule has 140 valence electrons. The summed E-state index contributed by atoms with van der Waals surface area (Å²) in [4.78, 5) is 16.6. The van der Waals surface area contributed by atoms with E-state index in [1.54, 1.807) is 6.20 Å². The summed E-state index contributed by atoms with van der Waals surface area (Å²) in [6, 6.07) is 24.3. The third-order valence-corrected chi connectivity index (χ3v) is 4.83. The summed E-state index contributed by atoms with van der Waals surface area (Å²) < 4.78 is 5.77. The minimum Gasteiger partial charge on any atom is -0.441 e. The van der Waals surface area contributed by atoms with Crippen molar-refractivity contribution in [3.05, 3.63) is 90.4 Å². The maximum absolute atomic E-state index is 12.4. The number of fused-ring (bicyclic) bond motifs is 1. The smallest absolute Gasteiger partial charge is 0.220 e. The van der Waals surface area contributed by atoms with Crippen LogP contribution in [0.3, 0.4) is 0 Å². The van der Waals surface area contributed by atoms with Crippen LogP contribution < -0.4 is 5.32 Å². The Balaban J connectivity index is 1.34. The van der Waals surface area contributed by atoms with Crippen molar-refractivity contribution in [3.8, 4) is 11.3 Å². The third kappa shape index (κ3) is 4.12. The second-order valence-electron chi connectivity index (χ2n) is 6.88. The normalized spacial score (nSPS) is 12.0. The fourth-order valence-electron chi connectivity index (χ4n) is 3.26. The van der Waals surface area contributed by atoms with Crippen LogP contribution >= 0.6 is 0 Å². The first kappa shape index (κ1) is 18.0. The van der Waals surface area contributed by atoms with E-state index in [0.29, 0.717) is 18.7 Å². The van der Waals surface area contributed by atoms with E-state index in [1.165, 1.54) is 10.8 Å². The molecule has 4 rings (SSSR count). The first-order valence-electron chi connectivity index (χ1n) is 9.47. The molecule has 1 heterocycles. The Morgan fingerprint density at radius 2 is 1.75 bits per heavy atom. The van der Waals surface area contributed by atoms with Crippen LogP contribution in [0.2, 0.25) is 0 Å². The topological polar surface area (TPSA) is 55.1 Å². The van der Waals surface area contributed by atoms with Gasteiger partial charge in [0.25, 0.3) is 0 Å². The highest BCUT2D eigenvalue weighted by molar-refractivity contribution is 5.83. The number of carbonyl (C=O) groups is 1. The van der Waals surface area contributed by atoms with Gasteiger partial charge in [-0.05, 0) is 29.3 Å². The number of hydrogen-bond donors (Lipinski definition) is 1. The molecule has 0 radical (unpaired) electrons. The van der Waals surface area contributed by atoms with E-state index in [1.807, 2.05) is 49.4 Å². The molecular formula is C24H22N2O2. The van der Waals surface area contributed by atoms with Gasteiger partial charge in [-0.1, -0.05) is 66.7 Å². The van der Waals surface area contributed by atoms with E-state index in [4.69, 9.17) is 4.42 Å². The van der Waals surface area contributed by atoms with Crippen molar-refractivity contribution in [2.24, 2.45) is 0 Å². The van der Waals surface area contributed by atoms with Gasteiger partial charge < -0.3 is 9.73 Å². The second-order valence-corrected chi connectivity index (χ2v) is 6.88. The number of benzene rings is 3. The lowest BCUT2D eigenvalue weighted by Crippen LogP contribution is -2.26. The van der Waals surface area contributed by atoms with Crippen LogP contribution in [0.15, 0.2) is 83.4 Å². The number of amides is 1. The predicted octanol–water partition coefficient (Wildman–Crippen LogP) is 5.30. The van der Waals surface area contributed by atoms with Crippen LogP contribution in [0, 0.1) is 0 Å². The molecule has 0 aliphatic rings. The van der Waals surface area contributed by atoms with Crippen molar-refractivity contribution < 1.29 is 9.21 Å². The summed E-state index contributed by atoms with van der Waals surface area (Å²) in [7, 11) is 0. The van der Waals surface area contributed by atoms with Gasteiger partial charge in [0.2, 0.25) is 5.91 Å². The maximum atomic E-state index is 12.4. The first-order valence-corrected chi connectivity index (χ1v) is 9.47. The van der Waals surface area contributed by atoms with E-state index in [-0.39, 0.29) is 11.9 Å². The van der Waals surface area contributed by atoms with Crippen LogP contribution in [0.4, 0.5) is 0 Å². The first-order chi connectivity index (χ1) is 13.7. The largest absolute Gasteiger partial charge is 0.441 e. The van der Waals surface area contributed by atoms with E-state index in [0.717, 1.165) is 16.9 Å². The molecular weight excluding hydrogens is 348 g/mol. The number of nitrogens with one attached hydrogen (secondary N) is 1. The number of oxazole rings is 1. The Kier molecular flexibility index (Phi) is 5.20. The zero-order valence-electron chi connectivity index (χ0n) is 15.8. The molecule has 0 fully saturated rings. The average molecular weight is 370 g/mol. The summed E-state index contributed by atoms with van der Waals surface area (Å²) in [6.07, 6.45) is 2.52. The molecule has 28 heavy (non-hydrogen) atoms. The third-order valence-electron chi connectivity index (χ3n) is 4.83. The zero-order valence-corrected chi connectivity index (χ0v) is 15.8. The van der Waals surface area contributed by atoms with Gasteiger partial charge in [0.1, 0.15) is 0 Å². The summed E-state index contributed by atoms with van der Waals surface area (Å²) in [6.45, 7) is 2.00. The average Bonchev–Trinajstić information content (AvgIpc) is 3.22. The van der Waals surface area contributed by atoms with Crippen LogP contribution in [0.1, 0.15) is 30.8 Å². The molecule has 0 saturated heterocycles. The second kappa shape index (κ2) is 8.09. The lowest BCUT2D eigenvalue weighted by molar-refractivity contribution is -0.121. The summed E-state index contributed by atoms with van der Waals surface area (Å²) in [5.74, 6) is 1.29. The van der Waals surface area contributed by atoms with Gasteiger partial charge in [-0.2, -0.15) is 0 Å². The molecule has 0 aliphatic heterocycles. The van der Waals surface area contributed by atoms with E-state index < -0.39 is 0 Å². The van der Waals surface area contributed by atoms with Crippen molar-refractivity contribution in [2.75, 3.05) is 0 Å².